The number of sulfone groups is 1. The molecule has 1 saturated heterocycles. The first-order valence-electron chi connectivity index (χ1n) is 8.50. The fraction of sp³-hybridized carbons (Fsp3) is 0.529. The van der Waals surface area contributed by atoms with E-state index in [4.69, 9.17) is 9.47 Å². The highest BCUT2D eigenvalue weighted by molar-refractivity contribution is 7.91. The van der Waals surface area contributed by atoms with Gasteiger partial charge in [-0.3, -0.25) is 9.59 Å². The van der Waals surface area contributed by atoms with Crippen LogP contribution in [0.15, 0.2) is 18.2 Å². The third-order valence-corrected chi connectivity index (χ3v) is 7.05. The number of rotatable bonds is 4. The van der Waals surface area contributed by atoms with Gasteiger partial charge in [-0.1, -0.05) is 0 Å². The van der Waals surface area contributed by atoms with Gasteiger partial charge in [0.2, 0.25) is 18.6 Å². The van der Waals surface area contributed by atoms with Crippen LogP contribution in [0.5, 0.6) is 11.5 Å². The monoisotopic (exact) mass is 380 g/mol. The summed E-state index contributed by atoms with van der Waals surface area (Å²) in [6, 6.07) is 4.70. The molecule has 2 fully saturated rings. The molecule has 1 atom stereocenters. The summed E-state index contributed by atoms with van der Waals surface area (Å²) in [6.45, 7) is 0.143. The summed E-state index contributed by atoms with van der Waals surface area (Å²) in [4.78, 5) is 27.0. The zero-order valence-electron chi connectivity index (χ0n) is 14.4. The minimum atomic E-state index is -3.09. The molecular weight excluding hydrogens is 360 g/mol. The molecule has 2 heterocycles. The lowest BCUT2D eigenvalue weighted by Crippen LogP contribution is -2.46. The van der Waals surface area contributed by atoms with Gasteiger partial charge in [0.25, 0.3) is 0 Å². The van der Waals surface area contributed by atoms with Crippen LogP contribution in [0.3, 0.4) is 0 Å². The summed E-state index contributed by atoms with van der Waals surface area (Å²) in [7, 11) is -1.51. The topological polar surface area (TPSA) is 102 Å². The molecule has 1 aliphatic carbocycles. The van der Waals surface area contributed by atoms with Gasteiger partial charge in [0.15, 0.2) is 21.3 Å². The van der Waals surface area contributed by atoms with Crippen molar-refractivity contribution >= 4 is 27.3 Å². The van der Waals surface area contributed by atoms with E-state index in [2.05, 4.69) is 5.32 Å². The average Bonchev–Trinajstić information content (AvgIpc) is 3.15. The van der Waals surface area contributed by atoms with Crippen LogP contribution in [-0.4, -0.2) is 56.5 Å². The molecule has 2 amide bonds. The Kier molecular flexibility index (Phi) is 3.87. The van der Waals surface area contributed by atoms with E-state index in [9.17, 15) is 18.0 Å². The van der Waals surface area contributed by atoms with Crippen molar-refractivity contribution < 1.29 is 27.5 Å². The molecule has 140 valence electrons. The first-order valence-corrected chi connectivity index (χ1v) is 10.3. The lowest BCUT2D eigenvalue weighted by Gasteiger charge is -2.27. The third kappa shape index (κ3) is 2.90. The molecule has 1 N–H and O–H groups in total. The minimum Gasteiger partial charge on any atom is -0.454 e. The van der Waals surface area contributed by atoms with Crippen molar-refractivity contribution in [3.63, 3.8) is 0 Å². The standard InChI is InChI=1S/C17H20N2O6S/c1-19(12-4-7-26(22,23)9-12)16(21)17(5-6-17)15(20)18-11-2-3-13-14(8-11)25-10-24-13/h2-3,8,12H,4-7,9-10H2,1H3,(H,18,20). The second-order valence-corrected chi connectivity index (χ2v) is 9.31. The van der Waals surface area contributed by atoms with E-state index >= 15 is 0 Å². The second-order valence-electron chi connectivity index (χ2n) is 7.08. The molecule has 9 heteroatoms. The van der Waals surface area contributed by atoms with Crippen LogP contribution in [0.2, 0.25) is 0 Å². The number of hydrogen-bond acceptors (Lipinski definition) is 6. The highest BCUT2D eigenvalue weighted by atomic mass is 32.2. The Morgan fingerprint density at radius 3 is 2.62 bits per heavy atom. The summed E-state index contributed by atoms with van der Waals surface area (Å²) in [6.07, 6.45) is 1.35. The maximum Gasteiger partial charge on any atom is 0.240 e. The van der Waals surface area contributed by atoms with E-state index in [1.165, 1.54) is 4.90 Å². The zero-order valence-corrected chi connectivity index (χ0v) is 15.2. The summed E-state index contributed by atoms with van der Waals surface area (Å²) >= 11 is 0. The van der Waals surface area contributed by atoms with Gasteiger partial charge in [0.1, 0.15) is 5.41 Å². The number of anilines is 1. The normalized spacial score (nSPS) is 24.1. The van der Waals surface area contributed by atoms with E-state index in [0.717, 1.165) is 0 Å². The summed E-state index contributed by atoms with van der Waals surface area (Å²) in [5, 5.41) is 2.78. The predicted octanol–water partition coefficient (Wildman–Crippen LogP) is 0.779. The minimum absolute atomic E-state index is 0.0326. The Balaban J connectivity index is 1.46. The van der Waals surface area contributed by atoms with Gasteiger partial charge in [-0.05, 0) is 31.4 Å². The molecule has 26 heavy (non-hydrogen) atoms. The van der Waals surface area contributed by atoms with Gasteiger partial charge in [-0.25, -0.2) is 8.42 Å². The molecule has 1 unspecified atom stereocenters. The van der Waals surface area contributed by atoms with E-state index < -0.39 is 15.3 Å². The highest BCUT2D eigenvalue weighted by Gasteiger charge is 2.58. The number of fused-ring (bicyclic) bond motifs is 1. The van der Waals surface area contributed by atoms with Crippen LogP contribution < -0.4 is 14.8 Å². The van der Waals surface area contributed by atoms with Crippen LogP contribution in [0.1, 0.15) is 19.3 Å². The molecule has 0 bridgehead atoms. The molecule has 4 rings (SSSR count). The smallest absolute Gasteiger partial charge is 0.240 e. The van der Waals surface area contributed by atoms with Crippen molar-refractivity contribution in [2.24, 2.45) is 5.41 Å². The van der Waals surface area contributed by atoms with Gasteiger partial charge >= 0.3 is 0 Å². The predicted molar refractivity (Wildman–Crippen MR) is 92.7 cm³/mol. The van der Waals surface area contributed by atoms with Gasteiger partial charge in [0.05, 0.1) is 11.5 Å². The number of carbonyl (C=O) groups excluding carboxylic acids is 2. The number of benzene rings is 1. The van der Waals surface area contributed by atoms with Crippen LogP contribution in [0.4, 0.5) is 5.69 Å². The van der Waals surface area contributed by atoms with Gasteiger partial charge in [-0.15, -0.1) is 0 Å². The summed E-state index contributed by atoms with van der Waals surface area (Å²) in [5.74, 6) is 0.544. The number of amides is 2. The van der Waals surface area contributed by atoms with Crippen molar-refractivity contribution in [2.75, 3.05) is 30.7 Å². The van der Waals surface area contributed by atoms with Crippen LogP contribution in [0, 0.1) is 5.41 Å². The maximum atomic E-state index is 12.9. The molecule has 1 aromatic carbocycles. The SMILES string of the molecule is CN(C(=O)C1(C(=O)Nc2ccc3c(c2)OCO3)CC1)C1CCS(=O)(=O)C1. The van der Waals surface area contributed by atoms with Crippen LogP contribution in [-0.2, 0) is 19.4 Å². The molecule has 0 aromatic heterocycles. The zero-order chi connectivity index (χ0) is 18.5. The van der Waals surface area contributed by atoms with Crippen LogP contribution >= 0.6 is 0 Å². The number of hydrogen-bond donors (Lipinski definition) is 1. The third-order valence-electron chi connectivity index (χ3n) is 5.30. The average molecular weight is 380 g/mol. The van der Waals surface area contributed by atoms with Gasteiger partial charge in [0, 0.05) is 24.8 Å². The second kappa shape index (κ2) is 5.87. The lowest BCUT2D eigenvalue weighted by molar-refractivity contribution is -0.142. The van der Waals surface area contributed by atoms with Crippen molar-refractivity contribution in [3.8, 4) is 11.5 Å². The largest absolute Gasteiger partial charge is 0.454 e. The Hall–Kier alpha value is -2.29. The molecule has 1 saturated carbocycles. The van der Waals surface area contributed by atoms with Crippen LogP contribution in [0.25, 0.3) is 0 Å². The lowest BCUT2D eigenvalue weighted by atomic mass is 10.0. The quantitative estimate of drug-likeness (QED) is 0.775. The number of carbonyl (C=O) groups is 2. The molecule has 2 aliphatic heterocycles. The van der Waals surface area contributed by atoms with E-state index in [-0.39, 0.29) is 36.2 Å². The molecule has 1 aromatic rings. The van der Waals surface area contributed by atoms with E-state index in [1.807, 2.05) is 0 Å². The van der Waals surface area contributed by atoms with Gasteiger partial charge in [-0.2, -0.15) is 0 Å². The Bertz CT molecular complexity index is 877. The van der Waals surface area contributed by atoms with Gasteiger partial charge < -0.3 is 19.7 Å². The maximum absolute atomic E-state index is 12.9. The van der Waals surface area contributed by atoms with Crippen molar-refractivity contribution in [1.29, 1.82) is 0 Å². The molecule has 3 aliphatic rings. The fourth-order valence-electron chi connectivity index (χ4n) is 3.47. The number of nitrogens with one attached hydrogen (secondary N) is 1. The molecule has 8 nitrogen and oxygen atoms in total. The Morgan fingerprint density at radius 2 is 1.96 bits per heavy atom. The summed E-state index contributed by atoms with van der Waals surface area (Å²) in [5.41, 5.74) is -0.568. The fourth-order valence-corrected chi connectivity index (χ4v) is 5.25. The van der Waals surface area contributed by atoms with Crippen molar-refractivity contribution in [2.45, 2.75) is 25.3 Å². The highest BCUT2D eigenvalue weighted by Crippen LogP contribution is 2.49. The Labute approximate surface area is 151 Å². The van der Waals surface area contributed by atoms with Crippen molar-refractivity contribution in [1.82, 2.24) is 4.90 Å². The Morgan fingerprint density at radius 1 is 1.23 bits per heavy atom. The molecular formula is C17H20N2O6S. The van der Waals surface area contributed by atoms with E-state index in [0.29, 0.717) is 36.4 Å². The first kappa shape index (κ1) is 17.1. The number of nitrogens with zero attached hydrogens (tertiary/aromatic N) is 1. The van der Waals surface area contributed by atoms with E-state index in [1.54, 1.807) is 25.2 Å². The number of ether oxygens (including phenoxy) is 2. The summed E-state index contributed by atoms with van der Waals surface area (Å²) < 4.78 is 33.8. The molecule has 0 spiro atoms. The first-order chi connectivity index (χ1) is 12.3. The van der Waals surface area contributed by atoms with Crippen molar-refractivity contribution in [3.05, 3.63) is 18.2 Å². The molecule has 0 radical (unpaired) electrons.